The molecule has 0 bridgehead atoms. The summed E-state index contributed by atoms with van der Waals surface area (Å²) < 4.78 is 7.25. The van der Waals surface area contributed by atoms with Crippen molar-refractivity contribution >= 4 is 22.5 Å². The summed E-state index contributed by atoms with van der Waals surface area (Å²) in [5, 5.41) is 5.57. The van der Waals surface area contributed by atoms with E-state index in [2.05, 4.69) is 42.0 Å². The van der Waals surface area contributed by atoms with Crippen LogP contribution in [0.2, 0.25) is 0 Å². The summed E-state index contributed by atoms with van der Waals surface area (Å²) in [6.45, 7) is 4.26. The Morgan fingerprint density at radius 2 is 1.83 bits per heavy atom. The van der Waals surface area contributed by atoms with Gasteiger partial charge in [0.25, 0.3) is 0 Å². The Labute approximate surface area is 174 Å². The number of nitrogens with zero attached hydrogens (tertiary/aromatic N) is 7. The average Bonchev–Trinajstić information content (AvgIpc) is 3.23. The number of fused-ring (bicyclic) bond motifs is 1. The molecular weight excluding hydrogens is 378 g/mol. The molecule has 1 fully saturated rings. The molecule has 5 rings (SSSR count). The van der Waals surface area contributed by atoms with E-state index < -0.39 is 0 Å². The minimum atomic E-state index is 0.631. The van der Waals surface area contributed by atoms with E-state index in [1.54, 1.807) is 19.6 Å². The fourth-order valence-corrected chi connectivity index (χ4v) is 3.91. The summed E-state index contributed by atoms with van der Waals surface area (Å²) >= 11 is 0. The molecule has 0 spiro atoms. The number of hydrogen-bond acceptors (Lipinski definition) is 7. The predicted octanol–water partition coefficient (Wildman–Crippen LogP) is 2.60. The fourth-order valence-electron chi connectivity index (χ4n) is 3.91. The third-order valence-corrected chi connectivity index (χ3v) is 5.47. The van der Waals surface area contributed by atoms with Crippen LogP contribution in [0, 0.1) is 0 Å². The Kier molecular flexibility index (Phi) is 4.88. The van der Waals surface area contributed by atoms with Gasteiger partial charge in [-0.1, -0.05) is 12.1 Å². The minimum Gasteiger partial charge on any atom is -0.497 e. The van der Waals surface area contributed by atoms with E-state index in [1.165, 1.54) is 0 Å². The van der Waals surface area contributed by atoms with E-state index in [-0.39, 0.29) is 0 Å². The second-order valence-corrected chi connectivity index (χ2v) is 7.27. The highest BCUT2D eigenvalue weighted by Gasteiger charge is 2.21. The minimum absolute atomic E-state index is 0.631. The number of pyridine rings is 1. The highest BCUT2D eigenvalue weighted by atomic mass is 16.5. The Hall–Kier alpha value is -3.68. The van der Waals surface area contributed by atoms with Crippen LogP contribution in [0.15, 0.2) is 61.3 Å². The number of benzene rings is 1. The van der Waals surface area contributed by atoms with E-state index >= 15 is 0 Å². The zero-order valence-corrected chi connectivity index (χ0v) is 16.8. The molecule has 0 radical (unpaired) electrons. The molecule has 4 heterocycles. The molecule has 3 aromatic heterocycles. The lowest BCUT2D eigenvalue weighted by atomic mass is 10.2. The highest BCUT2D eigenvalue weighted by molar-refractivity contribution is 5.86. The first-order chi connectivity index (χ1) is 14.8. The number of hydrogen-bond donors (Lipinski definition) is 0. The number of piperazine rings is 1. The molecule has 0 N–H and O–H groups in total. The summed E-state index contributed by atoms with van der Waals surface area (Å²) in [6, 6.07) is 12.1. The smallest absolute Gasteiger partial charge is 0.163 e. The van der Waals surface area contributed by atoms with Crippen LogP contribution in [0.4, 0.5) is 11.5 Å². The molecule has 1 saturated heterocycles. The summed E-state index contributed by atoms with van der Waals surface area (Å²) in [4.78, 5) is 18.0. The van der Waals surface area contributed by atoms with Gasteiger partial charge in [-0.2, -0.15) is 5.10 Å². The van der Waals surface area contributed by atoms with Crippen LogP contribution in [-0.4, -0.2) is 58.0 Å². The highest BCUT2D eigenvalue weighted by Crippen LogP contribution is 2.25. The van der Waals surface area contributed by atoms with Crippen molar-refractivity contribution in [3.63, 3.8) is 0 Å². The standard InChI is InChI=1S/C22H23N7O/c1-30-19-6-2-4-17(12-19)15-29-22-20(14-26-29)21(24-16-25-22)28-10-8-27(9-11-28)18-5-3-7-23-13-18/h2-7,12-14,16H,8-11,15H2,1H3. The number of ether oxygens (including phenoxy) is 1. The molecular formula is C22H23N7O. The first kappa shape index (κ1) is 18.4. The number of anilines is 2. The summed E-state index contributed by atoms with van der Waals surface area (Å²) in [5.41, 5.74) is 3.12. The Bertz CT molecular complexity index is 1140. The van der Waals surface area contributed by atoms with Gasteiger partial charge in [-0.3, -0.25) is 4.98 Å². The molecule has 1 aliphatic rings. The van der Waals surface area contributed by atoms with E-state index in [9.17, 15) is 0 Å². The van der Waals surface area contributed by atoms with E-state index in [1.807, 2.05) is 41.3 Å². The van der Waals surface area contributed by atoms with Crippen LogP contribution in [0.1, 0.15) is 5.56 Å². The van der Waals surface area contributed by atoms with Crippen LogP contribution in [0.3, 0.4) is 0 Å². The maximum atomic E-state index is 5.33. The van der Waals surface area contributed by atoms with Crippen LogP contribution in [0.5, 0.6) is 5.75 Å². The van der Waals surface area contributed by atoms with E-state index in [0.717, 1.165) is 60.0 Å². The third-order valence-electron chi connectivity index (χ3n) is 5.47. The van der Waals surface area contributed by atoms with Gasteiger partial charge in [0.15, 0.2) is 5.65 Å². The van der Waals surface area contributed by atoms with Gasteiger partial charge in [0.2, 0.25) is 0 Å². The summed E-state index contributed by atoms with van der Waals surface area (Å²) in [7, 11) is 1.68. The largest absolute Gasteiger partial charge is 0.497 e. The van der Waals surface area contributed by atoms with E-state index in [0.29, 0.717) is 6.54 Å². The van der Waals surface area contributed by atoms with E-state index in [4.69, 9.17) is 4.74 Å². The molecule has 1 aromatic carbocycles. The Morgan fingerprint density at radius 3 is 2.63 bits per heavy atom. The van der Waals surface area contributed by atoms with Crippen molar-refractivity contribution in [2.75, 3.05) is 43.1 Å². The predicted molar refractivity (Wildman–Crippen MR) is 116 cm³/mol. The maximum absolute atomic E-state index is 5.33. The van der Waals surface area contributed by atoms with Gasteiger partial charge >= 0.3 is 0 Å². The molecule has 4 aromatic rings. The molecule has 0 amide bonds. The van der Waals surface area contributed by atoms with Crippen molar-refractivity contribution in [2.45, 2.75) is 6.54 Å². The molecule has 0 atom stereocenters. The van der Waals surface area contributed by atoms with Gasteiger partial charge in [0.1, 0.15) is 17.9 Å². The van der Waals surface area contributed by atoms with Crippen LogP contribution >= 0.6 is 0 Å². The zero-order chi connectivity index (χ0) is 20.3. The van der Waals surface area contributed by atoms with Gasteiger partial charge in [0.05, 0.1) is 37.1 Å². The lowest BCUT2D eigenvalue weighted by Gasteiger charge is -2.36. The average molecular weight is 401 g/mol. The molecule has 1 aliphatic heterocycles. The van der Waals surface area contributed by atoms with Crippen molar-refractivity contribution in [3.8, 4) is 5.75 Å². The first-order valence-corrected chi connectivity index (χ1v) is 10.0. The number of aromatic nitrogens is 5. The SMILES string of the molecule is COc1cccc(Cn2ncc3c(N4CCN(c5cccnc5)CC4)ncnc32)c1. The first-order valence-electron chi connectivity index (χ1n) is 10.0. The van der Waals surface area contributed by atoms with Gasteiger partial charge in [-0.25, -0.2) is 14.6 Å². The quantitative estimate of drug-likeness (QED) is 0.509. The molecule has 30 heavy (non-hydrogen) atoms. The normalized spacial score (nSPS) is 14.3. The Balaban J connectivity index is 1.36. The zero-order valence-electron chi connectivity index (χ0n) is 16.8. The van der Waals surface area contributed by atoms with Crippen molar-refractivity contribution in [1.82, 2.24) is 24.7 Å². The number of rotatable bonds is 5. The van der Waals surface area contributed by atoms with Gasteiger partial charge in [-0.15, -0.1) is 0 Å². The molecule has 152 valence electrons. The summed E-state index contributed by atoms with van der Waals surface area (Å²) in [6.07, 6.45) is 7.23. The molecule has 0 saturated carbocycles. The van der Waals surface area contributed by atoms with Crippen LogP contribution in [-0.2, 0) is 6.54 Å². The monoisotopic (exact) mass is 401 g/mol. The topological polar surface area (TPSA) is 72.2 Å². The second kappa shape index (κ2) is 7.98. The summed E-state index contributed by atoms with van der Waals surface area (Å²) in [5.74, 6) is 1.79. The number of methoxy groups -OCH3 is 1. The second-order valence-electron chi connectivity index (χ2n) is 7.27. The van der Waals surface area contributed by atoms with Crippen LogP contribution < -0.4 is 14.5 Å². The molecule has 8 nitrogen and oxygen atoms in total. The molecule has 0 aliphatic carbocycles. The van der Waals surface area contributed by atoms with Crippen molar-refractivity contribution in [2.24, 2.45) is 0 Å². The lowest BCUT2D eigenvalue weighted by Crippen LogP contribution is -2.46. The van der Waals surface area contributed by atoms with Crippen molar-refractivity contribution in [3.05, 3.63) is 66.9 Å². The van der Waals surface area contributed by atoms with Crippen LogP contribution in [0.25, 0.3) is 11.0 Å². The van der Waals surface area contributed by atoms with Gasteiger partial charge in [-0.05, 0) is 29.8 Å². The maximum Gasteiger partial charge on any atom is 0.163 e. The lowest BCUT2D eigenvalue weighted by molar-refractivity contribution is 0.414. The Morgan fingerprint density at radius 1 is 0.967 bits per heavy atom. The van der Waals surface area contributed by atoms with Crippen molar-refractivity contribution < 1.29 is 4.74 Å². The molecule has 8 heteroatoms. The van der Waals surface area contributed by atoms with Crippen molar-refractivity contribution in [1.29, 1.82) is 0 Å². The van der Waals surface area contributed by atoms with Gasteiger partial charge < -0.3 is 14.5 Å². The molecule has 0 unspecified atom stereocenters. The third kappa shape index (κ3) is 3.52. The van der Waals surface area contributed by atoms with Gasteiger partial charge in [0, 0.05) is 32.4 Å². The fraction of sp³-hybridized carbons (Fsp3) is 0.273.